The van der Waals surface area contributed by atoms with E-state index in [1.54, 1.807) is 0 Å². The summed E-state index contributed by atoms with van der Waals surface area (Å²) in [4.78, 5) is 0. The zero-order valence-electron chi connectivity index (χ0n) is 6.48. The summed E-state index contributed by atoms with van der Waals surface area (Å²) in [5.74, 6) is 0. The van der Waals surface area contributed by atoms with Crippen molar-refractivity contribution in [2.45, 2.75) is 20.3 Å². The maximum Gasteiger partial charge on any atom is -0.0376 e. The van der Waals surface area contributed by atoms with E-state index in [0.29, 0.717) is 0 Å². The summed E-state index contributed by atoms with van der Waals surface area (Å²) in [5, 5.41) is 0. The van der Waals surface area contributed by atoms with Crippen LogP contribution in [-0.4, -0.2) is 0 Å². The summed E-state index contributed by atoms with van der Waals surface area (Å²) in [6.45, 7) is 13.8. The van der Waals surface area contributed by atoms with Gasteiger partial charge in [0.1, 0.15) is 0 Å². The van der Waals surface area contributed by atoms with Crippen LogP contribution in [0.15, 0.2) is 37.5 Å². The Kier molecular flexibility index (Phi) is 12.6. The first kappa shape index (κ1) is 11.1. The van der Waals surface area contributed by atoms with Crippen molar-refractivity contribution in [2.75, 3.05) is 0 Å². The van der Waals surface area contributed by atoms with E-state index in [2.05, 4.69) is 32.7 Å². The minimum absolute atomic E-state index is 1.10. The summed E-state index contributed by atoms with van der Waals surface area (Å²) in [6.07, 6.45) is 5.23. The van der Waals surface area contributed by atoms with E-state index < -0.39 is 0 Å². The lowest BCUT2D eigenvalue weighted by Crippen LogP contribution is -1.58. The molecular weight excluding hydrogens is 108 g/mol. The van der Waals surface area contributed by atoms with Gasteiger partial charge in [-0.3, -0.25) is 0 Å². The minimum Gasteiger partial charge on any atom is -0.106 e. The van der Waals surface area contributed by atoms with E-state index in [1.165, 1.54) is 0 Å². The highest BCUT2D eigenvalue weighted by molar-refractivity contribution is 5.10. The molecule has 0 rings (SSSR count). The highest BCUT2D eigenvalue weighted by atomic mass is 13.7. The van der Waals surface area contributed by atoms with E-state index in [4.69, 9.17) is 0 Å². The molecule has 0 fully saturated rings. The number of hydrogen-bond acceptors (Lipinski definition) is 0. The van der Waals surface area contributed by atoms with Crippen molar-refractivity contribution < 1.29 is 0 Å². The second-order valence-electron chi connectivity index (χ2n) is 1.66. The normalized spacial score (nSPS) is 8.22. The third-order valence-electron chi connectivity index (χ3n) is 0.638. The summed E-state index contributed by atoms with van der Waals surface area (Å²) in [7, 11) is 0. The van der Waals surface area contributed by atoms with Crippen molar-refractivity contribution in [3.05, 3.63) is 37.5 Å². The first-order valence-corrected chi connectivity index (χ1v) is 3.09. The molecule has 0 aliphatic carbocycles. The molecule has 0 saturated carbocycles. The topological polar surface area (TPSA) is 0 Å². The molecule has 0 spiro atoms. The molecule has 0 amide bonds. The van der Waals surface area contributed by atoms with Gasteiger partial charge in [-0.2, -0.15) is 0 Å². The Morgan fingerprint density at radius 2 is 1.89 bits per heavy atom. The molecule has 0 unspecified atom stereocenters. The highest BCUT2D eigenvalue weighted by Gasteiger charge is 1.67. The summed E-state index contributed by atoms with van der Waals surface area (Å²) in [6, 6.07) is 0. The van der Waals surface area contributed by atoms with Crippen LogP contribution in [0, 0.1) is 0 Å². The van der Waals surface area contributed by atoms with Crippen molar-refractivity contribution >= 4 is 0 Å². The molecule has 0 nitrogen and oxygen atoms in total. The van der Waals surface area contributed by atoms with Crippen molar-refractivity contribution in [2.24, 2.45) is 0 Å². The monoisotopic (exact) mass is 124 g/mol. The number of hydrogen-bond donors (Lipinski definition) is 0. The molecule has 0 atom stereocenters. The number of rotatable bonds is 2. The van der Waals surface area contributed by atoms with Crippen LogP contribution in [0.5, 0.6) is 0 Å². The summed E-state index contributed by atoms with van der Waals surface area (Å²) < 4.78 is 0. The average molecular weight is 124 g/mol. The average Bonchev–Trinajstić information content (AvgIpc) is 1.88. The zero-order chi connectivity index (χ0) is 7.70. The van der Waals surface area contributed by atoms with Crippen LogP contribution in [0.4, 0.5) is 0 Å². The lowest BCUT2D eigenvalue weighted by atomic mass is 10.3. The third-order valence-corrected chi connectivity index (χ3v) is 0.638. The first-order valence-electron chi connectivity index (χ1n) is 3.09. The molecule has 0 bridgehead atoms. The van der Waals surface area contributed by atoms with E-state index in [0.717, 1.165) is 12.0 Å². The Morgan fingerprint density at radius 1 is 1.44 bits per heavy atom. The standard InChI is InChI=1S/C7H12.C2H4/c1-4-5-6-7(2)3;1-2/h5-6H,2,4H2,1,3H3;1-2H2/b6-5-;. The second kappa shape index (κ2) is 10.3. The Balaban J connectivity index is 0. The van der Waals surface area contributed by atoms with Gasteiger partial charge in [0, 0.05) is 0 Å². The van der Waals surface area contributed by atoms with Crippen molar-refractivity contribution in [3.63, 3.8) is 0 Å². The second-order valence-corrected chi connectivity index (χ2v) is 1.66. The van der Waals surface area contributed by atoms with Gasteiger partial charge in [0.2, 0.25) is 0 Å². The molecule has 9 heavy (non-hydrogen) atoms. The van der Waals surface area contributed by atoms with E-state index in [1.807, 2.05) is 13.0 Å². The molecule has 0 aliphatic rings. The van der Waals surface area contributed by atoms with Gasteiger partial charge in [0.15, 0.2) is 0 Å². The molecule has 0 aliphatic heterocycles. The van der Waals surface area contributed by atoms with E-state index in [-0.39, 0.29) is 0 Å². The molecule has 0 saturated heterocycles. The fourth-order valence-electron chi connectivity index (χ4n) is 0.319. The molecule has 0 aromatic carbocycles. The molecule has 0 heteroatoms. The van der Waals surface area contributed by atoms with Crippen LogP contribution in [0.3, 0.4) is 0 Å². The molecule has 52 valence electrons. The zero-order valence-corrected chi connectivity index (χ0v) is 6.48. The van der Waals surface area contributed by atoms with Gasteiger partial charge in [0.25, 0.3) is 0 Å². The summed E-state index contributed by atoms with van der Waals surface area (Å²) >= 11 is 0. The first-order chi connectivity index (χ1) is 4.27. The quantitative estimate of drug-likeness (QED) is 0.391. The van der Waals surface area contributed by atoms with Crippen LogP contribution in [0.1, 0.15) is 20.3 Å². The van der Waals surface area contributed by atoms with Gasteiger partial charge < -0.3 is 0 Å². The maximum atomic E-state index is 3.71. The van der Waals surface area contributed by atoms with Crippen LogP contribution < -0.4 is 0 Å². The van der Waals surface area contributed by atoms with Crippen molar-refractivity contribution in [1.82, 2.24) is 0 Å². The van der Waals surface area contributed by atoms with Crippen LogP contribution >= 0.6 is 0 Å². The van der Waals surface area contributed by atoms with Gasteiger partial charge in [-0.25, -0.2) is 0 Å². The molecule has 0 aromatic rings. The SMILES string of the molecule is C=C.C=C(C)/C=C\CC. The van der Waals surface area contributed by atoms with Crippen LogP contribution in [-0.2, 0) is 0 Å². The van der Waals surface area contributed by atoms with Gasteiger partial charge in [-0.1, -0.05) is 31.2 Å². The van der Waals surface area contributed by atoms with Crippen molar-refractivity contribution in [3.8, 4) is 0 Å². The smallest absolute Gasteiger partial charge is 0.0376 e. The Morgan fingerprint density at radius 3 is 2.00 bits per heavy atom. The summed E-state index contributed by atoms with van der Waals surface area (Å²) in [5.41, 5.74) is 1.13. The Hall–Kier alpha value is -0.780. The maximum absolute atomic E-state index is 3.71. The molecule has 0 aromatic heterocycles. The fraction of sp³-hybridized carbons (Fsp3) is 0.333. The van der Waals surface area contributed by atoms with Gasteiger partial charge >= 0.3 is 0 Å². The van der Waals surface area contributed by atoms with Crippen molar-refractivity contribution in [1.29, 1.82) is 0 Å². The Labute approximate surface area is 58.6 Å². The lowest BCUT2D eigenvalue weighted by molar-refractivity contribution is 1.22. The predicted octanol–water partition coefficient (Wildman–Crippen LogP) is 3.33. The fourth-order valence-corrected chi connectivity index (χ4v) is 0.319. The minimum atomic E-state index is 1.10. The van der Waals surface area contributed by atoms with Gasteiger partial charge in [-0.15, -0.1) is 13.2 Å². The Bertz CT molecular complexity index is 88.2. The molecule has 0 N–H and O–H groups in total. The lowest BCUT2D eigenvalue weighted by Gasteiger charge is -1.79. The molecular formula is C9H16. The van der Waals surface area contributed by atoms with Crippen LogP contribution in [0.25, 0.3) is 0 Å². The van der Waals surface area contributed by atoms with Gasteiger partial charge in [-0.05, 0) is 13.3 Å². The largest absolute Gasteiger partial charge is 0.106 e. The highest BCUT2D eigenvalue weighted by Crippen LogP contribution is 1.89. The van der Waals surface area contributed by atoms with Gasteiger partial charge in [0.05, 0.1) is 0 Å². The van der Waals surface area contributed by atoms with Crippen LogP contribution in [0.2, 0.25) is 0 Å². The third kappa shape index (κ3) is 19.0. The molecule has 0 heterocycles. The van der Waals surface area contributed by atoms with E-state index in [9.17, 15) is 0 Å². The number of allylic oxidation sites excluding steroid dienone is 3. The molecule has 0 radical (unpaired) electrons. The predicted molar refractivity (Wildman–Crippen MR) is 45.5 cm³/mol. The van der Waals surface area contributed by atoms with E-state index >= 15 is 0 Å².